The van der Waals surface area contributed by atoms with Crippen LogP contribution in [0.25, 0.3) is 0 Å². The maximum absolute atomic E-state index is 12.9. The number of rotatable bonds is 6. The topological polar surface area (TPSA) is 41.1 Å². The molecule has 104 valence electrons. The number of halogens is 1. The van der Waals surface area contributed by atoms with E-state index in [9.17, 15) is 9.18 Å². The minimum Gasteiger partial charge on any atom is -0.355 e. The molecule has 19 heavy (non-hydrogen) atoms. The average Bonchev–Trinajstić information content (AvgIpc) is 2.86. The lowest BCUT2D eigenvalue weighted by Gasteiger charge is -2.10. The number of hydrogen-bond donors (Lipinski definition) is 2. The zero-order chi connectivity index (χ0) is 13.5. The molecule has 1 fully saturated rings. The summed E-state index contributed by atoms with van der Waals surface area (Å²) in [7, 11) is 0. The number of hydrogen-bond acceptors (Lipinski definition) is 2. The molecule has 0 bridgehead atoms. The number of unbranched alkanes of at least 4 members (excludes halogenated alkanes) is 1. The molecule has 0 spiro atoms. The van der Waals surface area contributed by atoms with Gasteiger partial charge in [-0.25, -0.2) is 4.39 Å². The summed E-state index contributed by atoms with van der Waals surface area (Å²) >= 11 is 0. The molecule has 4 heteroatoms. The molecule has 0 saturated carbocycles. The van der Waals surface area contributed by atoms with E-state index in [0.717, 1.165) is 19.3 Å². The maximum Gasteiger partial charge on any atom is 0.237 e. The van der Waals surface area contributed by atoms with E-state index in [1.165, 1.54) is 5.56 Å². The number of amides is 1. The van der Waals surface area contributed by atoms with Crippen molar-refractivity contribution in [3.05, 3.63) is 35.9 Å². The lowest BCUT2D eigenvalue weighted by atomic mass is 10.1. The van der Waals surface area contributed by atoms with Crippen LogP contribution in [-0.4, -0.2) is 31.2 Å². The Morgan fingerprint density at radius 3 is 2.79 bits per heavy atom. The lowest BCUT2D eigenvalue weighted by Crippen LogP contribution is -2.40. The minimum atomic E-state index is -0.881. The second-order valence-corrected chi connectivity index (χ2v) is 5.03. The summed E-state index contributed by atoms with van der Waals surface area (Å²) in [6.45, 7) is 0.965. The molecule has 2 N–H and O–H groups in total. The first-order valence-corrected chi connectivity index (χ1v) is 6.95. The molecular formula is C15H21FN2O. The van der Waals surface area contributed by atoms with Crippen LogP contribution in [0.1, 0.15) is 24.8 Å². The number of carbonyl (C=O) groups is 1. The van der Waals surface area contributed by atoms with Crippen LogP contribution in [0.5, 0.6) is 0 Å². The highest BCUT2D eigenvalue weighted by Gasteiger charge is 2.28. The third-order valence-electron chi connectivity index (χ3n) is 3.43. The van der Waals surface area contributed by atoms with Gasteiger partial charge in [-0.2, -0.15) is 0 Å². The quantitative estimate of drug-likeness (QED) is 0.770. The molecular weight excluding hydrogens is 243 g/mol. The first-order valence-electron chi connectivity index (χ1n) is 6.95. The zero-order valence-corrected chi connectivity index (χ0v) is 11.1. The van der Waals surface area contributed by atoms with E-state index in [-0.39, 0.29) is 11.9 Å². The predicted molar refractivity (Wildman–Crippen MR) is 73.7 cm³/mol. The Morgan fingerprint density at radius 2 is 2.11 bits per heavy atom. The fourth-order valence-electron chi connectivity index (χ4n) is 2.33. The first-order chi connectivity index (χ1) is 9.25. The summed E-state index contributed by atoms with van der Waals surface area (Å²) in [5.41, 5.74) is 1.33. The number of aryl methyl sites for hydroxylation is 1. The predicted octanol–water partition coefficient (Wildman–Crippen LogP) is 1.83. The van der Waals surface area contributed by atoms with Gasteiger partial charge in [0.05, 0.1) is 6.04 Å². The Hall–Kier alpha value is -1.42. The van der Waals surface area contributed by atoms with Crippen molar-refractivity contribution < 1.29 is 9.18 Å². The van der Waals surface area contributed by atoms with Crippen molar-refractivity contribution in [3.63, 3.8) is 0 Å². The van der Waals surface area contributed by atoms with Gasteiger partial charge in [0.2, 0.25) is 5.91 Å². The van der Waals surface area contributed by atoms with Crippen molar-refractivity contribution in [3.8, 4) is 0 Å². The van der Waals surface area contributed by atoms with Crippen LogP contribution >= 0.6 is 0 Å². The van der Waals surface area contributed by atoms with Gasteiger partial charge in [-0.3, -0.25) is 4.79 Å². The van der Waals surface area contributed by atoms with Crippen LogP contribution in [0.2, 0.25) is 0 Å². The van der Waals surface area contributed by atoms with E-state index < -0.39 is 6.17 Å². The summed E-state index contributed by atoms with van der Waals surface area (Å²) in [5.74, 6) is -0.0696. The molecule has 3 nitrogen and oxygen atoms in total. The Kier molecular flexibility index (Phi) is 5.33. The standard InChI is InChI=1S/C15H21FN2O/c16-13-10-14(18-11-13)15(19)17-9-5-4-8-12-6-2-1-3-7-12/h1-3,6-7,13-14,18H,4-5,8-11H2,(H,17,19). The number of benzene rings is 1. The van der Waals surface area contributed by atoms with E-state index in [1.54, 1.807) is 0 Å². The van der Waals surface area contributed by atoms with E-state index in [4.69, 9.17) is 0 Å². The molecule has 1 aromatic carbocycles. The highest BCUT2D eigenvalue weighted by molar-refractivity contribution is 5.82. The normalized spacial score (nSPS) is 22.4. The smallest absolute Gasteiger partial charge is 0.237 e. The molecule has 1 aliphatic heterocycles. The van der Waals surface area contributed by atoms with Crippen molar-refractivity contribution in [2.45, 2.75) is 37.9 Å². The van der Waals surface area contributed by atoms with Gasteiger partial charge in [-0.1, -0.05) is 30.3 Å². The van der Waals surface area contributed by atoms with Crippen molar-refractivity contribution in [2.24, 2.45) is 0 Å². The van der Waals surface area contributed by atoms with Gasteiger partial charge in [0.15, 0.2) is 0 Å². The van der Waals surface area contributed by atoms with Gasteiger partial charge in [0.1, 0.15) is 6.17 Å². The van der Waals surface area contributed by atoms with Crippen LogP contribution in [0.3, 0.4) is 0 Å². The van der Waals surface area contributed by atoms with E-state index in [2.05, 4.69) is 22.8 Å². The summed E-state index contributed by atoms with van der Waals surface area (Å²) in [6.07, 6.45) is 2.45. The lowest BCUT2D eigenvalue weighted by molar-refractivity contribution is -0.122. The Labute approximate surface area is 113 Å². The molecule has 1 heterocycles. The number of nitrogens with one attached hydrogen (secondary N) is 2. The molecule has 0 aromatic heterocycles. The van der Waals surface area contributed by atoms with Crippen LogP contribution in [0.15, 0.2) is 30.3 Å². The third kappa shape index (κ3) is 4.63. The molecule has 1 aliphatic rings. The molecule has 1 aromatic rings. The van der Waals surface area contributed by atoms with Crippen molar-refractivity contribution in [2.75, 3.05) is 13.1 Å². The van der Waals surface area contributed by atoms with Gasteiger partial charge in [-0.15, -0.1) is 0 Å². The monoisotopic (exact) mass is 264 g/mol. The van der Waals surface area contributed by atoms with Crippen LogP contribution in [0.4, 0.5) is 4.39 Å². The van der Waals surface area contributed by atoms with Gasteiger partial charge < -0.3 is 10.6 Å². The fourth-order valence-corrected chi connectivity index (χ4v) is 2.33. The van der Waals surface area contributed by atoms with Gasteiger partial charge in [0, 0.05) is 19.5 Å². The van der Waals surface area contributed by atoms with E-state index in [0.29, 0.717) is 19.5 Å². The Bertz CT molecular complexity index is 396. The minimum absolute atomic E-state index is 0.0696. The second-order valence-electron chi connectivity index (χ2n) is 5.03. The molecule has 0 aliphatic carbocycles. The van der Waals surface area contributed by atoms with Crippen LogP contribution < -0.4 is 10.6 Å². The average molecular weight is 264 g/mol. The van der Waals surface area contributed by atoms with Crippen molar-refractivity contribution in [1.29, 1.82) is 0 Å². The van der Waals surface area contributed by atoms with Gasteiger partial charge >= 0.3 is 0 Å². The summed E-state index contributed by atoms with van der Waals surface area (Å²) in [6, 6.07) is 9.97. The highest BCUT2D eigenvalue weighted by Crippen LogP contribution is 2.10. The molecule has 2 rings (SSSR count). The zero-order valence-electron chi connectivity index (χ0n) is 11.1. The van der Waals surface area contributed by atoms with Crippen molar-refractivity contribution >= 4 is 5.91 Å². The first kappa shape index (κ1) is 14.0. The van der Waals surface area contributed by atoms with E-state index in [1.807, 2.05) is 18.2 Å². The second kappa shape index (κ2) is 7.24. The highest BCUT2D eigenvalue weighted by atomic mass is 19.1. The number of carbonyl (C=O) groups excluding carboxylic acids is 1. The molecule has 2 unspecified atom stereocenters. The van der Waals surface area contributed by atoms with Gasteiger partial charge in [-0.05, 0) is 24.8 Å². The Balaban J connectivity index is 1.56. The van der Waals surface area contributed by atoms with Gasteiger partial charge in [0.25, 0.3) is 0 Å². The summed E-state index contributed by atoms with van der Waals surface area (Å²) in [5, 5.41) is 5.75. The largest absolute Gasteiger partial charge is 0.355 e. The van der Waals surface area contributed by atoms with E-state index >= 15 is 0 Å². The molecule has 1 amide bonds. The molecule has 2 atom stereocenters. The fraction of sp³-hybridized carbons (Fsp3) is 0.533. The van der Waals surface area contributed by atoms with Crippen LogP contribution in [-0.2, 0) is 11.2 Å². The summed E-state index contributed by atoms with van der Waals surface area (Å²) < 4.78 is 12.9. The molecule has 0 radical (unpaired) electrons. The SMILES string of the molecule is O=C(NCCCCc1ccccc1)C1CC(F)CN1. The molecule has 1 saturated heterocycles. The maximum atomic E-state index is 12.9. The Morgan fingerprint density at radius 1 is 1.32 bits per heavy atom. The van der Waals surface area contributed by atoms with Crippen LogP contribution in [0, 0.1) is 0 Å². The number of alkyl halides is 1. The third-order valence-corrected chi connectivity index (χ3v) is 3.43. The summed E-state index contributed by atoms with van der Waals surface area (Å²) in [4.78, 5) is 11.7. The van der Waals surface area contributed by atoms with Crippen molar-refractivity contribution in [1.82, 2.24) is 10.6 Å².